The van der Waals surface area contributed by atoms with Crippen LogP contribution in [-0.4, -0.2) is 54.6 Å². The van der Waals surface area contributed by atoms with Crippen molar-refractivity contribution in [1.82, 2.24) is 29.9 Å². The van der Waals surface area contributed by atoms with Crippen molar-refractivity contribution in [2.45, 2.75) is 45.3 Å². The molecule has 148 valence electrons. The Bertz CT molecular complexity index is 993. The average molecular weight is 383 g/mol. The Kier molecular flexibility index (Phi) is 4.44. The predicted molar refractivity (Wildman–Crippen MR) is 106 cm³/mol. The summed E-state index contributed by atoms with van der Waals surface area (Å²) in [7, 11) is 0. The third-order valence-corrected chi connectivity index (χ3v) is 4.86. The average Bonchev–Trinajstić information content (AvgIpc) is 3.28. The molecule has 1 fully saturated rings. The minimum Gasteiger partial charge on any atom is -0.444 e. The summed E-state index contributed by atoms with van der Waals surface area (Å²) in [6, 6.07) is 2.22. The number of ether oxygens (including phenoxy) is 1. The highest BCUT2D eigenvalue weighted by molar-refractivity contribution is 5.89. The lowest BCUT2D eigenvalue weighted by Gasteiger charge is -2.33. The van der Waals surface area contributed by atoms with E-state index in [4.69, 9.17) is 10.5 Å². The number of anilines is 1. The number of nitrogens with one attached hydrogen (secondary N) is 1. The lowest BCUT2D eigenvalue weighted by Crippen LogP contribution is -2.42. The molecule has 28 heavy (non-hydrogen) atoms. The summed E-state index contributed by atoms with van der Waals surface area (Å²) in [6.07, 6.45) is 7.06. The summed E-state index contributed by atoms with van der Waals surface area (Å²) in [5.41, 5.74) is 7.95. The van der Waals surface area contributed by atoms with Crippen LogP contribution in [0.4, 0.5) is 10.6 Å². The smallest absolute Gasteiger partial charge is 0.410 e. The number of nitrogen functional groups attached to an aromatic ring is 1. The SMILES string of the molecule is CC(C)(C)OC(=O)N1CCC(n2cc(-c3cnc4n[nH]c(N)c4c3)cn2)CC1. The van der Waals surface area contributed by atoms with Gasteiger partial charge in [0.05, 0.1) is 17.6 Å². The van der Waals surface area contributed by atoms with E-state index in [1.54, 1.807) is 11.1 Å². The van der Waals surface area contributed by atoms with Crippen molar-refractivity contribution in [2.75, 3.05) is 18.8 Å². The zero-order valence-electron chi connectivity index (χ0n) is 16.3. The summed E-state index contributed by atoms with van der Waals surface area (Å²) in [6.45, 7) is 6.96. The van der Waals surface area contributed by atoms with Gasteiger partial charge in [-0.1, -0.05) is 0 Å². The van der Waals surface area contributed by atoms with Crippen molar-refractivity contribution in [3.05, 3.63) is 24.7 Å². The molecule has 0 spiro atoms. The van der Waals surface area contributed by atoms with E-state index in [-0.39, 0.29) is 12.1 Å². The number of nitrogens with zero attached hydrogens (tertiary/aromatic N) is 5. The molecular formula is C19H25N7O2. The van der Waals surface area contributed by atoms with Gasteiger partial charge in [-0.25, -0.2) is 9.78 Å². The summed E-state index contributed by atoms with van der Waals surface area (Å²) in [5.74, 6) is 0.506. The quantitative estimate of drug-likeness (QED) is 0.703. The van der Waals surface area contributed by atoms with Crippen LogP contribution in [0, 0.1) is 0 Å². The largest absolute Gasteiger partial charge is 0.444 e. The van der Waals surface area contributed by atoms with E-state index in [2.05, 4.69) is 20.3 Å². The van der Waals surface area contributed by atoms with Gasteiger partial charge in [0, 0.05) is 36.6 Å². The maximum atomic E-state index is 12.2. The van der Waals surface area contributed by atoms with E-state index in [9.17, 15) is 4.79 Å². The topological polar surface area (TPSA) is 115 Å². The monoisotopic (exact) mass is 383 g/mol. The first-order chi connectivity index (χ1) is 13.3. The second kappa shape index (κ2) is 6.81. The molecule has 0 radical (unpaired) electrons. The number of amides is 1. The lowest BCUT2D eigenvalue weighted by molar-refractivity contribution is 0.0185. The van der Waals surface area contributed by atoms with Gasteiger partial charge in [-0.15, -0.1) is 0 Å². The zero-order chi connectivity index (χ0) is 19.9. The Morgan fingerprint density at radius 2 is 2.00 bits per heavy atom. The van der Waals surface area contributed by atoms with Gasteiger partial charge < -0.3 is 15.4 Å². The molecule has 1 saturated heterocycles. The van der Waals surface area contributed by atoms with E-state index in [1.165, 1.54) is 0 Å². The van der Waals surface area contributed by atoms with Gasteiger partial charge in [-0.05, 0) is 39.7 Å². The van der Waals surface area contributed by atoms with Crippen LogP contribution in [0.1, 0.15) is 39.7 Å². The Morgan fingerprint density at radius 3 is 2.71 bits per heavy atom. The van der Waals surface area contributed by atoms with Gasteiger partial charge in [-0.2, -0.15) is 10.2 Å². The molecule has 9 nitrogen and oxygen atoms in total. The van der Waals surface area contributed by atoms with Crippen molar-refractivity contribution in [2.24, 2.45) is 0 Å². The molecule has 9 heteroatoms. The fourth-order valence-electron chi connectivity index (χ4n) is 3.40. The number of H-pyrrole nitrogens is 1. The molecule has 4 heterocycles. The zero-order valence-corrected chi connectivity index (χ0v) is 16.3. The molecule has 0 unspecified atom stereocenters. The number of carbonyl (C=O) groups is 1. The predicted octanol–water partition coefficient (Wildman–Crippen LogP) is 2.98. The second-order valence-electron chi connectivity index (χ2n) is 8.14. The summed E-state index contributed by atoms with van der Waals surface area (Å²) < 4.78 is 7.43. The van der Waals surface area contributed by atoms with Gasteiger partial charge in [0.2, 0.25) is 0 Å². The third kappa shape index (κ3) is 3.64. The molecule has 3 aromatic heterocycles. The molecule has 0 aliphatic carbocycles. The highest BCUT2D eigenvalue weighted by Gasteiger charge is 2.27. The van der Waals surface area contributed by atoms with Crippen LogP contribution in [0.3, 0.4) is 0 Å². The third-order valence-electron chi connectivity index (χ3n) is 4.86. The van der Waals surface area contributed by atoms with Crippen molar-refractivity contribution in [1.29, 1.82) is 0 Å². The van der Waals surface area contributed by atoms with E-state index in [1.807, 2.05) is 43.9 Å². The fraction of sp³-hybridized carbons (Fsp3) is 0.474. The maximum Gasteiger partial charge on any atom is 0.410 e. The fourth-order valence-corrected chi connectivity index (χ4v) is 3.40. The Morgan fingerprint density at radius 1 is 1.25 bits per heavy atom. The molecule has 4 rings (SSSR count). The summed E-state index contributed by atoms with van der Waals surface area (Å²) >= 11 is 0. The number of fused-ring (bicyclic) bond motifs is 1. The molecule has 1 aliphatic heterocycles. The highest BCUT2D eigenvalue weighted by atomic mass is 16.6. The molecule has 3 N–H and O–H groups in total. The molecule has 3 aromatic rings. The first kappa shape index (κ1) is 18.3. The van der Waals surface area contributed by atoms with Crippen LogP contribution >= 0.6 is 0 Å². The van der Waals surface area contributed by atoms with E-state index >= 15 is 0 Å². The van der Waals surface area contributed by atoms with Crippen molar-refractivity contribution in [3.63, 3.8) is 0 Å². The van der Waals surface area contributed by atoms with Gasteiger partial charge >= 0.3 is 6.09 Å². The Balaban J connectivity index is 1.43. The van der Waals surface area contributed by atoms with E-state index in [0.29, 0.717) is 24.6 Å². The van der Waals surface area contributed by atoms with E-state index in [0.717, 1.165) is 29.4 Å². The number of aromatic nitrogens is 5. The standard InChI is InChI=1S/C19H25N7O2/c1-19(2,3)28-18(27)25-6-4-14(5-7-25)26-11-13(10-22-26)12-8-15-16(20)23-24-17(15)21-9-12/h8-11,14H,4-7H2,1-3H3,(H3,20,21,23,24). The van der Waals surface area contributed by atoms with Crippen LogP contribution in [0.5, 0.6) is 0 Å². The summed E-state index contributed by atoms with van der Waals surface area (Å²) in [4.78, 5) is 18.3. The van der Waals surface area contributed by atoms with Gasteiger partial charge in [0.25, 0.3) is 0 Å². The molecule has 0 atom stereocenters. The van der Waals surface area contributed by atoms with Crippen LogP contribution in [-0.2, 0) is 4.74 Å². The normalized spacial score (nSPS) is 15.9. The summed E-state index contributed by atoms with van der Waals surface area (Å²) in [5, 5.41) is 12.1. The molecular weight excluding hydrogens is 358 g/mol. The Hall–Kier alpha value is -3.10. The van der Waals surface area contributed by atoms with Gasteiger partial charge in [0.1, 0.15) is 11.4 Å². The highest BCUT2D eigenvalue weighted by Crippen LogP contribution is 2.28. The molecule has 0 saturated carbocycles. The number of pyridine rings is 1. The van der Waals surface area contributed by atoms with Crippen LogP contribution in [0.2, 0.25) is 0 Å². The number of likely N-dealkylation sites (tertiary alicyclic amines) is 1. The lowest BCUT2D eigenvalue weighted by atomic mass is 10.1. The first-order valence-electron chi connectivity index (χ1n) is 9.42. The molecule has 0 aromatic carbocycles. The maximum absolute atomic E-state index is 12.2. The number of nitrogens with two attached hydrogens (primary N) is 1. The number of piperidine rings is 1. The minimum absolute atomic E-state index is 0.246. The van der Waals surface area contributed by atoms with Crippen molar-refractivity contribution < 1.29 is 9.53 Å². The number of hydrogen-bond acceptors (Lipinski definition) is 6. The molecule has 1 amide bonds. The number of rotatable bonds is 2. The molecule has 0 bridgehead atoms. The van der Waals surface area contributed by atoms with Gasteiger partial charge in [0.15, 0.2) is 5.65 Å². The van der Waals surface area contributed by atoms with Gasteiger partial charge in [-0.3, -0.25) is 9.78 Å². The number of hydrogen-bond donors (Lipinski definition) is 2. The number of carbonyl (C=O) groups excluding carboxylic acids is 1. The molecule has 1 aliphatic rings. The van der Waals surface area contributed by atoms with Crippen molar-refractivity contribution in [3.8, 4) is 11.1 Å². The van der Waals surface area contributed by atoms with E-state index < -0.39 is 5.60 Å². The van der Waals surface area contributed by atoms with Crippen LogP contribution in [0.25, 0.3) is 22.2 Å². The van der Waals surface area contributed by atoms with Crippen molar-refractivity contribution >= 4 is 22.9 Å². The van der Waals surface area contributed by atoms with Crippen LogP contribution < -0.4 is 5.73 Å². The Labute approximate surface area is 162 Å². The number of aromatic amines is 1. The first-order valence-corrected chi connectivity index (χ1v) is 9.42. The second-order valence-corrected chi connectivity index (χ2v) is 8.14. The van der Waals surface area contributed by atoms with Crippen LogP contribution in [0.15, 0.2) is 24.7 Å². The minimum atomic E-state index is -0.474.